The Balaban J connectivity index is 1.65. The van der Waals surface area contributed by atoms with Crippen LogP contribution in [0.5, 0.6) is 0 Å². The van der Waals surface area contributed by atoms with Crippen molar-refractivity contribution in [1.82, 2.24) is 0 Å². The molecule has 0 bridgehead atoms. The quantitative estimate of drug-likeness (QED) is 0.868. The van der Waals surface area contributed by atoms with Crippen LogP contribution in [0.3, 0.4) is 0 Å². The number of rotatable bonds is 2. The van der Waals surface area contributed by atoms with E-state index in [1.165, 1.54) is 0 Å². The molecule has 3 rings (SSSR count). The minimum Gasteiger partial charge on any atom is -0.478 e. The van der Waals surface area contributed by atoms with Gasteiger partial charge in [0.15, 0.2) is 0 Å². The molecule has 4 nitrogen and oxygen atoms in total. The van der Waals surface area contributed by atoms with E-state index in [9.17, 15) is 4.79 Å². The predicted molar refractivity (Wildman–Crippen MR) is 68.1 cm³/mol. The topological polar surface area (TPSA) is 49.8 Å². The first kappa shape index (κ1) is 11.5. The maximum Gasteiger partial charge on any atom is 0.335 e. The number of hydrogen-bond donors (Lipinski definition) is 1. The molecule has 96 valence electrons. The normalized spacial score (nSPS) is 21.7. The van der Waals surface area contributed by atoms with Crippen molar-refractivity contribution in [1.29, 1.82) is 0 Å². The van der Waals surface area contributed by atoms with Crippen molar-refractivity contribution < 1.29 is 14.6 Å². The standard InChI is InChI=1S/C14H17NO3/c16-13(17)11-1-3-12(4-2-11)15-9-14(10-15)5-7-18-8-6-14/h1-4H,5-10H2,(H,16,17). The molecular weight excluding hydrogens is 230 g/mol. The molecule has 1 spiro atoms. The van der Waals surface area contributed by atoms with Gasteiger partial charge >= 0.3 is 5.97 Å². The zero-order valence-corrected chi connectivity index (χ0v) is 10.3. The van der Waals surface area contributed by atoms with Crippen LogP contribution in [-0.4, -0.2) is 37.4 Å². The highest BCUT2D eigenvalue weighted by atomic mass is 16.5. The molecule has 1 N–H and O–H groups in total. The van der Waals surface area contributed by atoms with Gasteiger partial charge in [-0.1, -0.05) is 0 Å². The molecule has 0 radical (unpaired) electrons. The maximum absolute atomic E-state index is 10.8. The fourth-order valence-electron chi connectivity index (χ4n) is 2.88. The summed E-state index contributed by atoms with van der Waals surface area (Å²) in [4.78, 5) is 13.1. The minimum atomic E-state index is -0.869. The van der Waals surface area contributed by atoms with E-state index in [4.69, 9.17) is 9.84 Å². The minimum absolute atomic E-state index is 0.347. The number of nitrogens with zero attached hydrogens (tertiary/aromatic N) is 1. The lowest BCUT2D eigenvalue weighted by molar-refractivity contribution is -0.000197. The van der Waals surface area contributed by atoms with Gasteiger partial charge in [-0.25, -0.2) is 4.79 Å². The summed E-state index contributed by atoms with van der Waals surface area (Å²) in [5.74, 6) is -0.869. The third kappa shape index (κ3) is 1.97. The molecule has 2 aliphatic heterocycles. The smallest absolute Gasteiger partial charge is 0.335 e. The Morgan fingerprint density at radius 3 is 2.33 bits per heavy atom. The summed E-state index contributed by atoms with van der Waals surface area (Å²) in [6.07, 6.45) is 2.30. The summed E-state index contributed by atoms with van der Waals surface area (Å²) in [5.41, 5.74) is 1.92. The van der Waals surface area contributed by atoms with Gasteiger partial charge in [0.05, 0.1) is 5.56 Å². The molecular formula is C14H17NO3. The van der Waals surface area contributed by atoms with Crippen LogP contribution >= 0.6 is 0 Å². The van der Waals surface area contributed by atoms with Crippen molar-refractivity contribution >= 4 is 11.7 Å². The molecule has 0 unspecified atom stereocenters. The molecule has 1 aromatic rings. The van der Waals surface area contributed by atoms with Crippen LogP contribution in [0.2, 0.25) is 0 Å². The average Bonchev–Trinajstić information content (AvgIpc) is 2.37. The molecule has 0 aromatic heterocycles. The van der Waals surface area contributed by atoms with Crippen molar-refractivity contribution in [2.24, 2.45) is 5.41 Å². The van der Waals surface area contributed by atoms with Gasteiger partial charge in [0.25, 0.3) is 0 Å². The van der Waals surface area contributed by atoms with Gasteiger partial charge in [-0.2, -0.15) is 0 Å². The van der Waals surface area contributed by atoms with Gasteiger partial charge in [0.2, 0.25) is 0 Å². The second kappa shape index (κ2) is 4.28. The Kier molecular flexibility index (Phi) is 2.74. The molecule has 2 heterocycles. The summed E-state index contributed by atoms with van der Waals surface area (Å²) >= 11 is 0. The molecule has 4 heteroatoms. The molecule has 0 aliphatic carbocycles. The zero-order valence-electron chi connectivity index (χ0n) is 10.3. The van der Waals surface area contributed by atoms with E-state index in [0.29, 0.717) is 11.0 Å². The van der Waals surface area contributed by atoms with Crippen molar-refractivity contribution in [3.63, 3.8) is 0 Å². The predicted octanol–water partition coefficient (Wildman–Crippen LogP) is 2.00. The van der Waals surface area contributed by atoms with Gasteiger partial charge < -0.3 is 14.7 Å². The van der Waals surface area contributed by atoms with E-state index < -0.39 is 5.97 Å². The highest BCUT2D eigenvalue weighted by Crippen LogP contribution is 2.41. The SMILES string of the molecule is O=C(O)c1ccc(N2CC3(CCOCC3)C2)cc1. The summed E-state index contributed by atoms with van der Waals surface area (Å²) in [7, 11) is 0. The number of carboxylic acids is 1. The average molecular weight is 247 g/mol. The molecule has 2 saturated heterocycles. The Morgan fingerprint density at radius 2 is 1.78 bits per heavy atom. The van der Waals surface area contributed by atoms with Gasteiger partial charge in [0.1, 0.15) is 0 Å². The van der Waals surface area contributed by atoms with Gasteiger partial charge in [-0.15, -0.1) is 0 Å². The Bertz CT molecular complexity index is 441. The van der Waals surface area contributed by atoms with Crippen LogP contribution in [0.1, 0.15) is 23.2 Å². The van der Waals surface area contributed by atoms with E-state index in [-0.39, 0.29) is 0 Å². The zero-order chi connectivity index (χ0) is 12.6. The fraction of sp³-hybridized carbons (Fsp3) is 0.500. The molecule has 0 atom stereocenters. The fourth-order valence-corrected chi connectivity index (χ4v) is 2.88. The first-order valence-electron chi connectivity index (χ1n) is 6.35. The van der Waals surface area contributed by atoms with E-state index in [0.717, 1.165) is 44.8 Å². The molecule has 1 aromatic carbocycles. The number of carboxylic acid groups (broad SMARTS) is 1. The first-order chi connectivity index (χ1) is 8.69. The van der Waals surface area contributed by atoms with Crippen LogP contribution in [0.4, 0.5) is 5.69 Å². The maximum atomic E-state index is 10.8. The summed E-state index contributed by atoms with van der Waals surface area (Å²) in [5, 5.41) is 8.86. The highest BCUT2D eigenvalue weighted by molar-refractivity contribution is 5.88. The Morgan fingerprint density at radius 1 is 1.17 bits per heavy atom. The van der Waals surface area contributed by atoms with E-state index in [1.54, 1.807) is 12.1 Å². The van der Waals surface area contributed by atoms with Crippen LogP contribution in [0.15, 0.2) is 24.3 Å². The molecule has 0 amide bonds. The Labute approximate surface area is 106 Å². The molecule has 2 fully saturated rings. The van der Waals surface area contributed by atoms with Gasteiger partial charge in [-0.3, -0.25) is 0 Å². The summed E-state index contributed by atoms with van der Waals surface area (Å²) in [6.45, 7) is 3.91. The number of benzene rings is 1. The number of ether oxygens (including phenoxy) is 1. The van der Waals surface area contributed by atoms with Gasteiger partial charge in [0, 0.05) is 37.4 Å². The highest BCUT2D eigenvalue weighted by Gasteiger charge is 2.43. The second-order valence-electron chi connectivity index (χ2n) is 5.32. The lowest BCUT2D eigenvalue weighted by Crippen LogP contribution is -2.58. The van der Waals surface area contributed by atoms with Crippen molar-refractivity contribution in [2.45, 2.75) is 12.8 Å². The molecule has 18 heavy (non-hydrogen) atoms. The van der Waals surface area contributed by atoms with E-state index in [1.807, 2.05) is 12.1 Å². The Hall–Kier alpha value is -1.55. The van der Waals surface area contributed by atoms with Crippen LogP contribution in [-0.2, 0) is 4.74 Å². The monoisotopic (exact) mass is 247 g/mol. The summed E-state index contributed by atoms with van der Waals surface area (Å²) in [6, 6.07) is 7.14. The van der Waals surface area contributed by atoms with Gasteiger partial charge in [-0.05, 0) is 37.1 Å². The number of anilines is 1. The largest absolute Gasteiger partial charge is 0.478 e. The van der Waals surface area contributed by atoms with E-state index in [2.05, 4.69) is 4.90 Å². The lowest BCUT2D eigenvalue weighted by atomic mass is 9.73. The van der Waals surface area contributed by atoms with Crippen LogP contribution < -0.4 is 4.90 Å². The van der Waals surface area contributed by atoms with Crippen LogP contribution in [0, 0.1) is 5.41 Å². The van der Waals surface area contributed by atoms with E-state index >= 15 is 0 Å². The first-order valence-corrected chi connectivity index (χ1v) is 6.35. The van der Waals surface area contributed by atoms with Crippen molar-refractivity contribution in [3.05, 3.63) is 29.8 Å². The summed E-state index contributed by atoms with van der Waals surface area (Å²) < 4.78 is 5.40. The molecule has 0 saturated carbocycles. The number of hydrogen-bond acceptors (Lipinski definition) is 3. The third-order valence-electron chi connectivity index (χ3n) is 4.09. The van der Waals surface area contributed by atoms with Crippen molar-refractivity contribution in [3.8, 4) is 0 Å². The molecule has 2 aliphatic rings. The lowest BCUT2D eigenvalue weighted by Gasteiger charge is -2.53. The van der Waals surface area contributed by atoms with Crippen molar-refractivity contribution in [2.75, 3.05) is 31.2 Å². The number of aromatic carboxylic acids is 1. The number of carbonyl (C=O) groups is 1. The third-order valence-corrected chi connectivity index (χ3v) is 4.09. The second-order valence-corrected chi connectivity index (χ2v) is 5.32. The van der Waals surface area contributed by atoms with Crippen LogP contribution in [0.25, 0.3) is 0 Å².